The molecular formula is C13H20OS. The molecule has 2 rings (SSSR count). The Morgan fingerprint density at radius 3 is 2.93 bits per heavy atom. The average Bonchev–Trinajstić information content (AvgIpc) is 2.83. The van der Waals surface area contributed by atoms with Gasteiger partial charge < -0.3 is 4.74 Å². The molecule has 2 heteroatoms. The molecule has 0 N–H and O–H groups in total. The molecule has 1 aromatic heterocycles. The highest BCUT2D eigenvalue weighted by Crippen LogP contribution is 2.41. The predicted octanol–water partition coefficient (Wildman–Crippen LogP) is 4.11. The highest BCUT2D eigenvalue weighted by Gasteiger charge is 2.26. The van der Waals surface area contributed by atoms with E-state index in [4.69, 9.17) is 4.74 Å². The third-order valence-electron chi connectivity index (χ3n) is 3.16. The van der Waals surface area contributed by atoms with E-state index in [2.05, 4.69) is 13.0 Å². The van der Waals surface area contributed by atoms with E-state index >= 15 is 0 Å². The molecule has 0 radical (unpaired) electrons. The number of methoxy groups -OCH3 is 1. The molecule has 84 valence electrons. The minimum Gasteiger partial charge on any atom is -0.376 e. The number of ether oxygens (including phenoxy) is 1. The van der Waals surface area contributed by atoms with Crippen LogP contribution in [0, 0.1) is 0 Å². The summed E-state index contributed by atoms with van der Waals surface area (Å²) in [6.45, 7) is 2.26. The Balaban J connectivity index is 1.87. The molecule has 0 saturated heterocycles. The van der Waals surface area contributed by atoms with Crippen molar-refractivity contribution in [3.8, 4) is 0 Å². The molecule has 0 aliphatic carbocycles. The van der Waals surface area contributed by atoms with Gasteiger partial charge in [0.1, 0.15) is 0 Å². The molecule has 2 bridgehead atoms. The lowest BCUT2D eigenvalue weighted by atomic mass is 9.99. The summed E-state index contributed by atoms with van der Waals surface area (Å²) >= 11 is 1.95. The Labute approximate surface area is 96.5 Å². The van der Waals surface area contributed by atoms with Gasteiger partial charge in [0.2, 0.25) is 0 Å². The molecule has 1 aliphatic heterocycles. The maximum atomic E-state index is 5.48. The third kappa shape index (κ3) is 2.43. The van der Waals surface area contributed by atoms with E-state index < -0.39 is 0 Å². The Bertz CT molecular complexity index is 316. The lowest BCUT2D eigenvalue weighted by Gasteiger charge is -2.13. The Morgan fingerprint density at radius 2 is 2.27 bits per heavy atom. The fourth-order valence-electron chi connectivity index (χ4n) is 2.28. The molecule has 2 heterocycles. The van der Waals surface area contributed by atoms with Crippen LogP contribution in [-0.4, -0.2) is 7.11 Å². The van der Waals surface area contributed by atoms with E-state index in [0.717, 1.165) is 6.42 Å². The van der Waals surface area contributed by atoms with Gasteiger partial charge in [-0.1, -0.05) is 26.2 Å². The van der Waals surface area contributed by atoms with Crippen molar-refractivity contribution < 1.29 is 4.74 Å². The van der Waals surface area contributed by atoms with Crippen molar-refractivity contribution in [2.24, 2.45) is 0 Å². The molecule has 1 unspecified atom stereocenters. The van der Waals surface area contributed by atoms with E-state index in [-0.39, 0.29) is 0 Å². The maximum absolute atomic E-state index is 5.48. The van der Waals surface area contributed by atoms with Crippen molar-refractivity contribution in [2.45, 2.75) is 51.6 Å². The van der Waals surface area contributed by atoms with Gasteiger partial charge in [0.25, 0.3) is 0 Å². The lowest BCUT2D eigenvalue weighted by molar-refractivity contribution is 0.107. The van der Waals surface area contributed by atoms with Gasteiger partial charge in [0.05, 0.1) is 6.10 Å². The molecule has 0 amide bonds. The Hall–Kier alpha value is -0.340. The number of hydrogen-bond acceptors (Lipinski definition) is 2. The molecule has 1 aromatic rings. The van der Waals surface area contributed by atoms with E-state index in [9.17, 15) is 0 Å². The predicted molar refractivity (Wildman–Crippen MR) is 65.6 cm³/mol. The van der Waals surface area contributed by atoms with Crippen molar-refractivity contribution in [3.05, 3.63) is 21.4 Å². The van der Waals surface area contributed by atoms with Crippen LogP contribution in [0.3, 0.4) is 0 Å². The van der Waals surface area contributed by atoms with Crippen LogP contribution in [-0.2, 0) is 17.6 Å². The first-order chi connectivity index (χ1) is 7.35. The van der Waals surface area contributed by atoms with Crippen molar-refractivity contribution in [2.75, 3.05) is 7.11 Å². The summed E-state index contributed by atoms with van der Waals surface area (Å²) in [5, 5.41) is 0. The normalized spacial score (nSPS) is 18.7. The minimum absolute atomic E-state index is 0.385. The zero-order valence-electron chi connectivity index (χ0n) is 9.71. The minimum atomic E-state index is 0.385. The fourth-order valence-corrected chi connectivity index (χ4v) is 3.60. The second-order valence-electron chi connectivity index (χ2n) is 4.34. The van der Waals surface area contributed by atoms with E-state index in [1.165, 1.54) is 41.9 Å². The van der Waals surface area contributed by atoms with Crippen LogP contribution in [0.15, 0.2) is 6.07 Å². The number of rotatable bonds is 6. The molecule has 1 nitrogen and oxygen atoms in total. The van der Waals surface area contributed by atoms with Crippen LogP contribution in [0.25, 0.3) is 0 Å². The SMILES string of the molecule is CCCCCCc1cc2sc1C(OC)C2. The van der Waals surface area contributed by atoms with Gasteiger partial charge in [-0.2, -0.15) is 0 Å². The summed E-state index contributed by atoms with van der Waals surface area (Å²) in [6, 6.07) is 2.39. The topological polar surface area (TPSA) is 9.23 Å². The van der Waals surface area contributed by atoms with Crippen molar-refractivity contribution >= 4 is 11.3 Å². The Morgan fingerprint density at radius 1 is 1.40 bits per heavy atom. The van der Waals surface area contributed by atoms with Crippen LogP contribution in [0.4, 0.5) is 0 Å². The maximum Gasteiger partial charge on any atom is 0.0963 e. The van der Waals surface area contributed by atoms with E-state index in [0.29, 0.717) is 6.10 Å². The van der Waals surface area contributed by atoms with Crippen molar-refractivity contribution in [1.29, 1.82) is 0 Å². The van der Waals surface area contributed by atoms with Gasteiger partial charge in [0.15, 0.2) is 0 Å². The monoisotopic (exact) mass is 224 g/mol. The first kappa shape index (κ1) is 11.2. The average molecular weight is 224 g/mol. The van der Waals surface area contributed by atoms with Crippen LogP contribution in [0.2, 0.25) is 0 Å². The molecule has 0 fully saturated rings. The summed E-state index contributed by atoms with van der Waals surface area (Å²) in [4.78, 5) is 3.02. The number of aryl methyl sites for hydroxylation is 1. The number of unbranched alkanes of at least 4 members (excludes halogenated alkanes) is 3. The van der Waals surface area contributed by atoms with Crippen LogP contribution < -0.4 is 0 Å². The number of thiophene rings is 1. The van der Waals surface area contributed by atoms with Crippen molar-refractivity contribution in [1.82, 2.24) is 0 Å². The molecule has 0 aromatic carbocycles. The second kappa shape index (κ2) is 5.13. The molecule has 1 aliphatic rings. The standard InChI is InChI=1S/C13H20OS/c1-3-4-5-6-7-10-8-11-9-12(14-2)13(10)15-11/h8,12H,3-7,9H2,1-2H3. The van der Waals surface area contributed by atoms with Crippen molar-refractivity contribution in [3.63, 3.8) is 0 Å². The molecule has 0 saturated carbocycles. The van der Waals surface area contributed by atoms with Crippen LogP contribution in [0.5, 0.6) is 0 Å². The number of hydrogen-bond donors (Lipinski definition) is 0. The first-order valence-corrected chi connectivity index (χ1v) is 6.81. The van der Waals surface area contributed by atoms with Gasteiger partial charge >= 0.3 is 0 Å². The molecule has 0 spiro atoms. The lowest BCUT2D eigenvalue weighted by Crippen LogP contribution is -2.04. The van der Waals surface area contributed by atoms with Gasteiger partial charge in [-0.05, 0) is 24.5 Å². The highest BCUT2D eigenvalue weighted by molar-refractivity contribution is 7.12. The smallest absolute Gasteiger partial charge is 0.0963 e. The summed E-state index contributed by atoms with van der Waals surface area (Å²) in [6.07, 6.45) is 8.17. The van der Waals surface area contributed by atoms with E-state index in [1.807, 2.05) is 18.4 Å². The summed E-state index contributed by atoms with van der Waals surface area (Å²) in [5.74, 6) is 0. The molecular weight excluding hydrogens is 204 g/mol. The van der Waals surface area contributed by atoms with Gasteiger partial charge in [-0.3, -0.25) is 0 Å². The summed E-state index contributed by atoms with van der Waals surface area (Å²) in [5.41, 5.74) is 1.56. The van der Waals surface area contributed by atoms with Crippen LogP contribution in [0.1, 0.15) is 54.0 Å². The van der Waals surface area contributed by atoms with E-state index in [1.54, 1.807) is 5.56 Å². The zero-order valence-corrected chi connectivity index (χ0v) is 10.5. The third-order valence-corrected chi connectivity index (χ3v) is 4.45. The zero-order chi connectivity index (χ0) is 10.7. The Kier molecular flexibility index (Phi) is 3.81. The molecule has 1 atom stereocenters. The molecule has 15 heavy (non-hydrogen) atoms. The largest absolute Gasteiger partial charge is 0.376 e. The first-order valence-electron chi connectivity index (χ1n) is 5.99. The van der Waals surface area contributed by atoms with Gasteiger partial charge in [-0.25, -0.2) is 0 Å². The van der Waals surface area contributed by atoms with Gasteiger partial charge in [0, 0.05) is 23.3 Å². The summed E-state index contributed by atoms with van der Waals surface area (Å²) < 4.78 is 5.48. The summed E-state index contributed by atoms with van der Waals surface area (Å²) in [7, 11) is 1.83. The fraction of sp³-hybridized carbons (Fsp3) is 0.692. The number of fused-ring (bicyclic) bond motifs is 2. The quantitative estimate of drug-likeness (QED) is 0.661. The van der Waals surface area contributed by atoms with Gasteiger partial charge in [-0.15, -0.1) is 11.3 Å². The second-order valence-corrected chi connectivity index (χ2v) is 5.51. The highest BCUT2D eigenvalue weighted by atomic mass is 32.1. The van der Waals surface area contributed by atoms with Crippen LogP contribution >= 0.6 is 11.3 Å².